The summed E-state index contributed by atoms with van der Waals surface area (Å²) in [6.45, 7) is 4.65. The summed E-state index contributed by atoms with van der Waals surface area (Å²) in [4.78, 5) is 0. The third-order valence-electron chi connectivity index (χ3n) is 1.75. The van der Waals surface area contributed by atoms with E-state index in [9.17, 15) is 5.11 Å². The van der Waals surface area contributed by atoms with Crippen LogP contribution in [0.15, 0.2) is 0 Å². The first-order valence-electron chi connectivity index (χ1n) is 3.41. The maximum absolute atomic E-state index is 9.37. The predicted octanol–water partition coefficient (Wildman–Crippen LogP) is -0.0214. The Bertz CT molecular complexity index is 93.6. The molecule has 0 rings (SSSR count). The molecule has 0 aliphatic carbocycles. The van der Waals surface area contributed by atoms with Crippen LogP contribution in [0.1, 0.15) is 13.8 Å². The lowest BCUT2D eigenvalue weighted by Crippen LogP contribution is -2.39. The number of aliphatic hydroxyl groups excluding tert-OH is 1. The molecule has 10 heavy (non-hydrogen) atoms. The van der Waals surface area contributed by atoms with Crippen molar-refractivity contribution in [2.45, 2.75) is 20.0 Å². The molecule has 0 spiro atoms. The summed E-state index contributed by atoms with van der Waals surface area (Å²) in [5.74, 6) is 0. The minimum Gasteiger partial charge on any atom is -0.390 e. The summed E-state index contributed by atoms with van der Waals surface area (Å²) >= 11 is 0. The molecular weight excluding hydrogens is 130 g/mol. The number of aliphatic hydroxyl groups is 1. The van der Waals surface area contributed by atoms with Gasteiger partial charge in [-0.05, 0) is 6.54 Å². The highest BCUT2D eigenvalue weighted by Crippen LogP contribution is 2.18. The lowest BCUT2D eigenvalue weighted by Gasteiger charge is -2.28. The van der Waals surface area contributed by atoms with Crippen LogP contribution in [-0.2, 0) is 4.74 Å². The van der Waals surface area contributed by atoms with Crippen LogP contribution >= 0.6 is 0 Å². The standard InChI is InChI=1S/C7H17NO2/c1-7(2,5-8)6(9)4-10-3/h6,9H,4-5,8H2,1-3H3. The van der Waals surface area contributed by atoms with Crippen LogP contribution in [0.4, 0.5) is 0 Å². The Kier molecular flexibility index (Phi) is 3.86. The van der Waals surface area contributed by atoms with E-state index >= 15 is 0 Å². The molecule has 0 aromatic rings. The van der Waals surface area contributed by atoms with E-state index in [1.165, 1.54) is 0 Å². The van der Waals surface area contributed by atoms with E-state index in [1.54, 1.807) is 7.11 Å². The molecule has 0 saturated carbocycles. The number of ether oxygens (including phenoxy) is 1. The molecule has 0 aromatic heterocycles. The van der Waals surface area contributed by atoms with Gasteiger partial charge >= 0.3 is 0 Å². The second-order valence-corrected chi connectivity index (χ2v) is 3.16. The van der Waals surface area contributed by atoms with Crippen LogP contribution < -0.4 is 5.73 Å². The largest absolute Gasteiger partial charge is 0.390 e. The number of methoxy groups -OCH3 is 1. The molecule has 0 fully saturated rings. The normalized spacial score (nSPS) is 15.3. The van der Waals surface area contributed by atoms with Gasteiger partial charge in [0.15, 0.2) is 0 Å². The molecule has 0 bridgehead atoms. The van der Waals surface area contributed by atoms with E-state index in [2.05, 4.69) is 0 Å². The molecule has 0 amide bonds. The highest BCUT2D eigenvalue weighted by Gasteiger charge is 2.25. The number of rotatable bonds is 4. The first-order chi connectivity index (χ1) is 4.54. The molecule has 62 valence electrons. The minimum absolute atomic E-state index is 0.240. The summed E-state index contributed by atoms with van der Waals surface area (Å²) in [5, 5.41) is 9.37. The maximum atomic E-state index is 9.37. The smallest absolute Gasteiger partial charge is 0.0836 e. The Morgan fingerprint density at radius 2 is 2.10 bits per heavy atom. The van der Waals surface area contributed by atoms with E-state index in [1.807, 2.05) is 13.8 Å². The Morgan fingerprint density at radius 3 is 2.40 bits per heavy atom. The van der Waals surface area contributed by atoms with E-state index in [0.717, 1.165) is 0 Å². The van der Waals surface area contributed by atoms with E-state index < -0.39 is 6.10 Å². The third-order valence-corrected chi connectivity index (χ3v) is 1.75. The van der Waals surface area contributed by atoms with Crippen LogP contribution in [0.3, 0.4) is 0 Å². The zero-order chi connectivity index (χ0) is 8.20. The molecule has 0 radical (unpaired) electrons. The first kappa shape index (κ1) is 9.88. The van der Waals surface area contributed by atoms with Crippen molar-refractivity contribution in [3.05, 3.63) is 0 Å². The second kappa shape index (κ2) is 3.91. The van der Waals surface area contributed by atoms with Gasteiger partial charge < -0.3 is 15.6 Å². The van der Waals surface area contributed by atoms with Gasteiger partial charge in [-0.15, -0.1) is 0 Å². The summed E-state index contributed by atoms with van der Waals surface area (Å²) in [5.41, 5.74) is 5.18. The average Bonchev–Trinajstić information content (AvgIpc) is 1.89. The quantitative estimate of drug-likeness (QED) is 0.587. The summed E-state index contributed by atoms with van der Waals surface area (Å²) in [6.07, 6.45) is -0.470. The van der Waals surface area contributed by atoms with Crippen molar-refractivity contribution in [1.82, 2.24) is 0 Å². The molecule has 3 nitrogen and oxygen atoms in total. The lowest BCUT2D eigenvalue weighted by atomic mass is 9.87. The molecule has 0 aliphatic heterocycles. The fraction of sp³-hybridized carbons (Fsp3) is 1.00. The zero-order valence-corrected chi connectivity index (χ0v) is 6.92. The molecule has 0 aliphatic rings. The summed E-state index contributed by atoms with van der Waals surface area (Å²) < 4.78 is 4.79. The molecule has 0 aromatic carbocycles. The first-order valence-corrected chi connectivity index (χ1v) is 3.41. The zero-order valence-electron chi connectivity index (χ0n) is 6.92. The van der Waals surface area contributed by atoms with Crippen molar-refractivity contribution in [2.24, 2.45) is 11.1 Å². The van der Waals surface area contributed by atoms with Gasteiger partial charge in [0.25, 0.3) is 0 Å². The van der Waals surface area contributed by atoms with E-state index in [4.69, 9.17) is 10.5 Å². The van der Waals surface area contributed by atoms with E-state index in [0.29, 0.717) is 13.2 Å². The van der Waals surface area contributed by atoms with Gasteiger partial charge in [0, 0.05) is 12.5 Å². The van der Waals surface area contributed by atoms with Crippen molar-refractivity contribution < 1.29 is 9.84 Å². The van der Waals surface area contributed by atoms with Crippen molar-refractivity contribution >= 4 is 0 Å². The Morgan fingerprint density at radius 1 is 1.60 bits per heavy atom. The Balaban J connectivity index is 3.78. The summed E-state index contributed by atoms with van der Waals surface area (Å²) in [7, 11) is 1.57. The second-order valence-electron chi connectivity index (χ2n) is 3.16. The SMILES string of the molecule is COCC(O)C(C)(C)CN. The molecule has 0 saturated heterocycles. The Hall–Kier alpha value is -0.120. The molecule has 1 atom stereocenters. The van der Waals surface area contributed by atoms with Gasteiger partial charge in [0.2, 0.25) is 0 Å². The van der Waals surface area contributed by atoms with Crippen molar-refractivity contribution in [3.63, 3.8) is 0 Å². The number of hydrogen-bond acceptors (Lipinski definition) is 3. The highest BCUT2D eigenvalue weighted by atomic mass is 16.5. The van der Waals surface area contributed by atoms with Crippen molar-refractivity contribution in [2.75, 3.05) is 20.3 Å². The van der Waals surface area contributed by atoms with Gasteiger partial charge in [0.05, 0.1) is 12.7 Å². The maximum Gasteiger partial charge on any atom is 0.0836 e. The number of nitrogens with two attached hydrogens (primary N) is 1. The predicted molar refractivity (Wildman–Crippen MR) is 40.7 cm³/mol. The van der Waals surface area contributed by atoms with Gasteiger partial charge in [-0.25, -0.2) is 0 Å². The Labute approximate surface area is 62.2 Å². The average molecular weight is 147 g/mol. The highest BCUT2D eigenvalue weighted by molar-refractivity contribution is 4.77. The van der Waals surface area contributed by atoms with Crippen molar-refractivity contribution in [3.8, 4) is 0 Å². The van der Waals surface area contributed by atoms with Crippen LogP contribution in [0.5, 0.6) is 0 Å². The monoisotopic (exact) mass is 147 g/mol. The van der Waals surface area contributed by atoms with E-state index in [-0.39, 0.29) is 5.41 Å². The topological polar surface area (TPSA) is 55.5 Å². The van der Waals surface area contributed by atoms with Gasteiger partial charge in [0.1, 0.15) is 0 Å². The number of hydrogen-bond donors (Lipinski definition) is 2. The van der Waals surface area contributed by atoms with Gasteiger partial charge in [-0.2, -0.15) is 0 Å². The molecule has 3 N–H and O–H groups in total. The van der Waals surface area contributed by atoms with Crippen molar-refractivity contribution in [1.29, 1.82) is 0 Å². The van der Waals surface area contributed by atoms with Crippen LogP contribution in [0, 0.1) is 5.41 Å². The minimum atomic E-state index is -0.470. The van der Waals surface area contributed by atoms with Gasteiger partial charge in [-0.1, -0.05) is 13.8 Å². The van der Waals surface area contributed by atoms with Crippen LogP contribution in [0.2, 0.25) is 0 Å². The third kappa shape index (κ3) is 2.64. The van der Waals surface area contributed by atoms with Gasteiger partial charge in [-0.3, -0.25) is 0 Å². The summed E-state index contributed by atoms with van der Waals surface area (Å²) in [6, 6.07) is 0. The van der Waals surface area contributed by atoms with Crippen LogP contribution in [0.25, 0.3) is 0 Å². The lowest BCUT2D eigenvalue weighted by molar-refractivity contribution is -0.00819. The fourth-order valence-corrected chi connectivity index (χ4v) is 0.519. The van der Waals surface area contributed by atoms with Crippen LogP contribution in [-0.4, -0.2) is 31.5 Å². The molecule has 0 heterocycles. The molecular formula is C7H17NO2. The molecule has 1 unspecified atom stereocenters. The molecule has 3 heteroatoms. The fourth-order valence-electron chi connectivity index (χ4n) is 0.519.